The van der Waals surface area contributed by atoms with E-state index in [1.807, 2.05) is 0 Å². The number of hydrogen-bond acceptors (Lipinski definition) is 4. The molecule has 0 aliphatic heterocycles. The minimum absolute atomic E-state index is 0.0645. The Hall–Kier alpha value is -1.59. The Kier molecular flexibility index (Phi) is 4.59. The van der Waals surface area contributed by atoms with Gasteiger partial charge in [-0.1, -0.05) is 0 Å². The van der Waals surface area contributed by atoms with Crippen LogP contribution in [0.1, 0.15) is 0 Å². The Morgan fingerprint density at radius 2 is 2.07 bits per heavy atom. The van der Waals surface area contributed by atoms with Crippen molar-refractivity contribution in [2.24, 2.45) is 0 Å². The molecule has 0 aromatic heterocycles. The van der Waals surface area contributed by atoms with Crippen LogP contribution in [-0.2, 0) is 9.53 Å². The van der Waals surface area contributed by atoms with Gasteiger partial charge in [0, 0.05) is 11.4 Å². The smallest absolute Gasteiger partial charge is 0.250 e. The van der Waals surface area contributed by atoms with Crippen molar-refractivity contribution in [2.75, 3.05) is 30.9 Å². The molecule has 0 bridgehead atoms. The van der Waals surface area contributed by atoms with Gasteiger partial charge in [0.15, 0.2) is 0 Å². The van der Waals surface area contributed by atoms with Crippen molar-refractivity contribution < 1.29 is 14.6 Å². The van der Waals surface area contributed by atoms with Gasteiger partial charge in [-0.15, -0.1) is 0 Å². The lowest BCUT2D eigenvalue weighted by atomic mass is 10.3. The van der Waals surface area contributed by atoms with Gasteiger partial charge in [0.05, 0.1) is 13.2 Å². The summed E-state index contributed by atoms with van der Waals surface area (Å²) < 4.78 is 4.85. The van der Waals surface area contributed by atoms with E-state index in [0.717, 1.165) is 0 Å². The molecule has 4 N–H and O–H groups in total. The van der Waals surface area contributed by atoms with Crippen LogP contribution in [0.15, 0.2) is 24.3 Å². The Bertz CT molecular complexity index is 311. The number of nitrogen functional groups attached to an aromatic ring is 1. The molecule has 0 radical (unpaired) electrons. The van der Waals surface area contributed by atoms with Crippen LogP contribution in [0.2, 0.25) is 0 Å². The fourth-order valence-electron chi connectivity index (χ4n) is 0.993. The molecule has 0 fully saturated rings. The fourth-order valence-corrected chi connectivity index (χ4v) is 0.993. The van der Waals surface area contributed by atoms with Gasteiger partial charge in [0.1, 0.15) is 6.61 Å². The molecule has 0 heterocycles. The highest BCUT2D eigenvalue weighted by atomic mass is 16.5. The lowest BCUT2D eigenvalue weighted by Gasteiger charge is -2.05. The number of hydrogen-bond donors (Lipinski definition) is 3. The zero-order chi connectivity index (χ0) is 11.1. The average molecular weight is 210 g/mol. The summed E-state index contributed by atoms with van der Waals surface area (Å²) in [5.41, 5.74) is 6.80. The average Bonchev–Trinajstić information content (AvgIpc) is 2.22. The van der Waals surface area contributed by atoms with Crippen molar-refractivity contribution in [3.8, 4) is 0 Å². The number of amides is 1. The second kappa shape index (κ2) is 6.00. The molecule has 0 atom stereocenters. The van der Waals surface area contributed by atoms with Crippen LogP contribution >= 0.6 is 0 Å². The maximum Gasteiger partial charge on any atom is 0.250 e. The number of carbonyl (C=O) groups excluding carboxylic acids is 1. The van der Waals surface area contributed by atoms with E-state index in [1.165, 1.54) is 0 Å². The highest BCUT2D eigenvalue weighted by molar-refractivity contribution is 5.91. The molecule has 1 rings (SSSR count). The van der Waals surface area contributed by atoms with E-state index in [2.05, 4.69) is 5.32 Å². The number of anilines is 2. The molecule has 1 aromatic carbocycles. The van der Waals surface area contributed by atoms with E-state index in [4.69, 9.17) is 15.6 Å². The van der Waals surface area contributed by atoms with Crippen LogP contribution in [-0.4, -0.2) is 30.8 Å². The molecule has 1 aromatic rings. The van der Waals surface area contributed by atoms with Gasteiger partial charge in [-0.05, 0) is 24.3 Å². The first-order valence-electron chi connectivity index (χ1n) is 4.56. The Labute approximate surface area is 87.9 Å². The molecular weight excluding hydrogens is 196 g/mol. The zero-order valence-corrected chi connectivity index (χ0v) is 8.27. The monoisotopic (exact) mass is 210 g/mol. The van der Waals surface area contributed by atoms with E-state index in [0.29, 0.717) is 11.4 Å². The van der Waals surface area contributed by atoms with Crippen molar-refractivity contribution in [3.05, 3.63) is 24.3 Å². The van der Waals surface area contributed by atoms with Crippen molar-refractivity contribution in [1.82, 2.24) is 0 Å². The largest absolute Gasteiger partial charge is 0.399 e. The summed E-state index contributed by atoms with van der Waals surface area (Å²) in [4.78, 5) is 11.2. The summed E-state index contributed by atoms with van der Waals surface area (Å²) in [7, 11) is 0. The molecule has 0 spiro atoms. The molecule has 5 nitrogen and oxygen atoms in total. The lowest BCUT2D eigenvalue weighted by Crippen LogP contribution is -2.19. The highest BCUT2D eigenvalue weighted by Crippen LogP contribution is 2.09. The number of nitrogens with one attached hydrogen (secondary N) is 1. The quantitative estimate of drug-likeness (QED) is 0.479. The number of rotatable bonds is 5. The Morgan fingerprint density at radius 1 is 1.40 bits per heavy atom. The third kappa shape index (κ3) is 4.44. The molecule has 1 amide bonds. The van der Waals surface area contributed by atoms with Gasteiger partial charge in [-0.25, -0.2) is 0 Å². The third-order valence-electron chi connectivity index (χ3n) is 1.66. The summed E-state index contributed by atoms with van der Waals surface area (Å²) in [6.45, 7) is 0.00917. The molecule has 82 valence electrons. The molecule has 0 unspecified atom stereocenters. The van der Waals surface area contributed by atoms with E-state index >= 15 is 0 Å². The maximum absolute atomic E-state index is 11.2. The van der Waals surface area contributed by atoms with Crippen molar-refractivity contribution in [3.63, 3.8) is 0 Å². The molecule has 15 heavy (non-hydrogen) atoms. The normalized spacial score (nSPS) is 9.93. The van der Waals surface area contributed by atoms with E-state index in [1.54, 1.807) is 24.3 Å². The lowest BCUT2D eigenvalue weighted by molar-refractivity contribution is -0.120. The topological polar surface area (TPSA) is 84.6 Å². The van der Waals surface area contributed by atoms with Crippen molar-refractivity contribution >= 4 is 17.3 Å². The summed E-state index contributed by atoms with van der Waals surface area (Å²) >= 11 is 0. The molecule has 5 heteroatoms. The Balaban J connectivity index is 2.34. The van der Waals surface area contributed by atoms with E-state index in [-0.39, 0.29) is 25.7 Å². The third-order valence-corrected chi connectivity index (χ3v) is 1.66. The van der Waals surface area contributed by atoms with Gasteiger partial charge in [0.25, 0.3) is 0 Å². The maximum atomic E-state index is 11.2. The molecule has 0 aliphatic carbocycles. The standard InChI is InChI=1S/C10H14N2O3/c11-8-1-3-9(4-2-8)12-10(14)7-15-6-5-13/h1-4,13H,5-7,11H2,(H,12,14). The van der Waals surface area contributed by atoms with Crippen molar-refractivity contribution in [1.29, 1.82) is 0 Å². The van der Waals surface area contributed by atoms with Gasteiger partial charge in [-0.2, -0.15) is 0 Å². The van der Waals surface area contributed by atoms with Crippen LogP contribution < -0.4 is 11.1 Å². The fraction of sp³-hybridized carbons (Fsp3) is 0.300. The first-order valence-corrected chi connectivity index (χ1v) is 4.56. The summed E-state index contributed by atoms with van der Waals surface area (Å²) in [6, 6.07) is 6.81. The predicted octanol–water partition coefficient (Wildman–Crippen LogP) is 0.216. The summed E-state index contributed by atoms with van der Waals surface area (Å²) in [5.74, 6) is -0.256. The SMILES string of the molecule is Nc1ccc(NC(=O)COCCO)cc1. The van der Waals surface area contributed by atoms with Gasteiger partial charge >= 0.3 is 0 Å². The summed E-state index contributed by atoms with van der Waals surface area (Å²) in [6.07, 6.45) is 0. The highest BCUT2D eigenvalue weighted by Gasteiger charge is 2.01. The molecule has 0 saturated heterocycles. The summed E-state index contributed by atoms with van der Waals surface area (Å²) in [5, 5.41) is 11.1. The van der Waals surface area contributed by atoms with E-state index in [9.17, 15) is 4.79 Å². The zero-order valence-electron chi connectivity index (χ0n) is 8.27. The number of carbonyl (C=O) groups is 1. The Morgan fingerprint density at radius 3 is 2.67 bits per heavy atom. The van der Waals surface area contributed by atoms with Gasteiger partial charge in [0.2, 0.25) is 5.91 Å². The number of aliphatic hydroxyl groups excluding tert-OH is 1. The van der Waals surface area contributed by atoms with Crippen LogP contribution in [0, 0.1) is 0 Å². The van der Waals surface area contributed by atoms with Gasteiger partial charge in [-0.3, -0.25) is 4.79 Å². The van der Waals surface area contributed by atoms with Crippen LogP contribution in [0.4, 0.5) is 11.4 Å². The molecular formula is C10H14N2O3. The first kappa shape index (κ1) is 11.5. The number of aliphatic hydroxyl groups is 1. The van der Waals surface area contributed by atoms with E-state index < -0.39 is 0 Å². The number of benzene rings is 1. The van der Waals surface area contributed by atoms with Crippen LogP contribution in [0.5, 0.6) is 0 Å². The second-order valence-corrected chi connectivity index (χ2v) is 2.95. The molecule has 0 aliphatic rings. The van der Waals surface area contributed by atoms with Crippen molar-refractivity contribution in [2.45, 2.75) is 0 Å². The van der Waals surface area contributed by atoms with Crippen LogP contribution in [0.25, 0.3) is 0 Å². The number of nitrogens with two attached hydrogens (primary N) is 1. The molecule has 0 saturated carbocycles. The predicted molar refractivity (Wildman–Crippen MR) is 57.4 cm³/mol. The first-order chi connectivity index (χ1) is 7.22. The van der Waals surface area contributed by atoms with Gasteiger partial charge < -0.3 is 20.9 Å². The number of ether oxygens (including phenoxy) is 1. The minimum Gasteiger partial charge on any atom is -0.399 e. The second-order valence-electron chi connectivity index (χ2n) is 2.95. The van der Waals surface area contributed by atoms with Crippen LogP contribution in [0.3, 0.4) is 0 Å². The minimum atomic E-state index is -0.256.